The molecular weight excluding hydrogens is 298 g/mol. The first kappa shape index (κ1) is 16.4. The molecule has 1 aromatic rings. The number of amides is 1. The third-order valence-electron chi connectivity index (χ3n) is 5.12. The van der Waals surface area contributed by atoms with E-state index in [9.17, 15) is 13.6 Å². The average molecular weight is 322 g/mol. The number of hydrogen-bond acceptors (Lipinski definition) is 2. The maximum atomic E-state index is 13.3. The maximum absolute atomic E-state index is 13.3. The van der Waals surface area contributed by atoms with E-state index in [2.05, 4.69) is 11.9 Å². The van der Waals surface area contributed by atoms with Gasteiger partial charge >= 0.3 is 0 Å². The zero-order valence-electron chi connectivity index (χ0n) is 13.5. The molecule has 0 spiro atoms. The Kier molecular flexibility index (Phi) is 4.67. The molecule has 0 bridgehead atoms. The number of halogens is 2. The molecule has 5 heteroatoms. The highest BCUT2D eigenvalue weighted by molar-refractivity contribution is 5.79. The third kappa shape index (κ3) is 3.71. The molecule has 23 heavy (non-hydrogen) atoms. The molecule has 126 valence electrons. The Labute approximate surface area is 136 Å². The van der Waals surface area contributed by atoms with Crippen LogP contribution in [0.5, 0.6) is 0 Å². The fourth-order valence-corrected chi connectivity index (χ4v) is 3.67. The van der Waals surface area contributed by atoms with Crippen LogP contribution in [0, 0.1) is 5.92 Å². The second kappa shape index (κ2) is 6.56. The molecule has 1 saturated heterocycles. The lowest BCUT2D eigenvalue weighted by Crippen LogP contribution is -2.51. The molecule has 1 atom stereocenters. The molecular formula is C18H24F2N2O. The minimum absolute atomic E-state index is 0.0184. The number of carbonyl (C=O) groups is 1. The number of nitrogens with zero attached hydrogens (tertiary/aromatic N) is 2. The summed E-state index contributed by atoms with van der Waals surface area (Å²) in [6.45, 7) is 2.29. The Balaban J connectivity index is 1.75. The van der Waals surface area contributed by atoms with E-state index in [1.54, 1.807) is 0 Å². The van der Waals surface area contributed by atoms with Crippen LogP contribution < -0.4 is 0 Å². The topological polar surface area (TPSA) is 23.6 Å². The Bertz CT molecular complexity index is 539. The summed E-state index contributed by atoms with van der Waals surface area (Å²) in [5.74, 6) is -2.77. The summed E-state index contributed by atoms with van der Waals surface area (Å²) in [5, 5.41) is 0. The van der Waals surface area contributed by atoms with Gasteiger partial charge in [-0.15, -0.1) is 0 Å². The van der Waals surface area contributed by atoms with E-state index in [1.165, 1.54) is 0 Å². The lowest BCUT2D eigenvalue weighted by Gasteiger charge is -2.42. The molecule has 1 aliphatic heterocycles. The van der Waals surface area contributed by atoms with Gasteiger partial charge in [0.15, 0.2) is 0 Å². The largest absolute Gasteiger partial charge is 0.333 e. The van der Waals surface area contributed by atoms with Crippen LogP contribution in [0.3, 0.4) is 0 Å². The zero-order chi connectivity index (χ0) is 16.4. The van der Waals surface area contributed by atoms with Crippen LogP contribution in [0.1, 0.15) is 37.3 Å². The summed E-state index contributed by atoms with van der Waals surface area (Å²) in [6.07, 6.45) is 0.291. The summed E-state index contributed by atoms with van der Waals surface area (Å²) in [7, 11) is 2.05. The van der Waals surface area contributed by atoms with Crippen LogP contribution in [-0.4, -0.2) is 48.3 Å². The Morgan fingerprint density at radius 3 is 2.43 bits per heavy atom. The van der Waals surface area contributed by atoms with Crippen molar-refractivity contribution in [3.05, 3.63) is 35.9 Å². The van der Waals surface area contributed by atoms with Crippen LogP contribution in [0.15, 0.2) is 30.3 Å². The molecule has 3 rings (SSSR count). The first-order valence-electron chi connectivity index (χ1n) is 8.38. The maximum Gasteiger partial charge on any atom is 0.248 e. The predicted molar refractivity (Wildman–Crippen MR) is 85.3 cm³/mol. The molecule has 2 aliphatic rings. The second-order valence-electron chi connectivity index (χ2n) is 6.85. The molecule has 3 nitrogen and oxygen atoms in total. The molecule has 2 fully saturated rings. The zero-order valence-corrected chi connectivity index (χ0v) is 13.5. The number of carbonyl (C=O) groups excluding carboxylic acids is 1. The summed E-state index contributed by atoms with van der Waals surface area (Å²) in [5.41, 5.74) is 1.12. The van der Waals surface area contributed by atoms with E-state index < -0.39 is 5.92 Å². The number of likely N-dealkylation sites (N-methyl/N-ethyl adjacent to an activating group) is 1. The van der Waals surface area contributed by atoms with Crippen molar-refractivity contribution in [1.82, 2.24) is 9.80 Å². The standard InChI is InChI=1S/C18H24F2N2O/c1-21-11-12-22(16(13-21)14-5-3-2-4-6-14)17(23)15-7-9-18(19,20)10-8-15/h2-6,15-16H,7-13H2,1H3/t16-/m0/s1. The smallest absolute Gasteiger partial charge is 0.248 e. The van der Waals surface area contributed by atoms with Gasteiger partial charge in [0.2, 0.25) is 11.8 Å². The van der Waals surface area contributed by atoms with E-state index in [0.717, 1.165) is 18.7 Å². The van der Waals surface area contributed by atoms with Crippen molar-refractivity contribution in [2.75, 3.05) is 26.7 Å². The molecule has 0 unspecified atom stereocenters. The Morgan fingerprint density at radius 2 is 1.78 bits per heavy atom. The van der Waals surface area contributed by atoms with Crippen molar-refractivity contribution in [3.8, 4) is 0 Å². The van der Waals surface area contributed by atoms with Gasteiger partial charge in [-0.05, 0) is 25.5 Å². The van der Waals surface area contributed by atoms with Gasteiger partial charge in [0.1, 0.15) is 0 Å². The number of rotatable bonds is 2. The summed E-state index contributed by atoms with van der Waals surface area (Å²) < 4.78 is 26.7. The summed E-state index contributed by atoms with van der Waals surface area (Å²) in [6, 6.07) is 10.0. The molecule has 0 aromatic heterocycles. The van der Waals surface area contributed by atoms with Crippen LogP contribution in [0.4, 0.5) is 8.78 Å². The number of hydrogen-bond donors (Lipinski definition) is 0. The third-order valence-corrected chi connectivity index (χ3v) is 5.12. The monoisotopic (exact) mass is 322 g/mol. The summed E-state index contributed by atoms with van der Waals surface area (Å²) in [4.78, 5) is 17.1. The SMILES string of the molecule is CN1CCN(C(=O)C2CCC(F)(F)CC2)[C@H](c2ccccc2)C1. The fourth-order valence-electron chi connectivity index (χ4n) is 3.67. The van der Waals surface area contributed by atoms with Crippen molar-refractivity contribution in [3.63, 3.8) is 0 Å². The van der Waals surface area contributed by atoms with Gasteiger partial charge in [0.25, 0.3) is 0 Å². The van der Waals surface area contributed by atoms with Crippen molar-refractivity contribution >= 4 is 5.91 Å². The molecule has 1 aliphatic carbocycles. The molecule has 0 N–H and O–H groups in total. The van der Waals surface area contributed by atoms with Gasteiger partial charge in [0.05, 0.1) is 6.04 Å². The van der Waals surface area contributed by atoms with E-state index in [4.69, 9.17) is 0 Å². The highest BCUT2D eigenvalue weighted by Crippen LogP contribution is 2.38. The Morgan fingerprint density at radius 1 is 1.13 bits per heavy atom. The Hall–Kier alpha value is -1.49. The molecule has 0 radical (unpaired) electrons. The average Bonchev–Trinajstić information content (AvgIpc) is 2.55. The van der Waals surface area contributed by atoms with E-state index in [0.29, 0.717) is 19.4 Å². The van der Waals surface area contributed by atoms with Crippen molar-refractivity contribution in [2.24, 2.45) is 5.92 Å². The fraction of sp³-hybridized carbons (Fsp3) is 0.611. The van der Waals surface area contributed by atoms with E-state index >= 15 is 0 Å². The highest BCUT2D eigenvalue weighted by atomic mass is 19.3. The van der Waals surface area contributed by atoms with Crippen LogP contribution in [0.2, 0.25) is 0 Å². The van der Waals surface area contributed by atoms with Gasteiger partial charge in [-0.2, -0.15) is 0 Å². The van der Waals surface area contributed by atoms with Crippen LogP contribution in [0.25, 0.3) is 0 Å². The minimum atomic E-state index is -2.59. The van der Waals surface area contributed by atoms with Gasteiger partial charge < -0.3 is 9.80 Å². The van der Waals surface area contributed by atoms with Crippen molar-refractivity contribution < 1.29 is 13.6 Å². The van der Waals surface area contributed by atoms with Crippen LogP contribution >= 0.6 is 0 Å². The van der Waals surface area contributed by atoms with E-state index in [1.807, 2.05) is 35.2 Å². The minimum Gasteiger partial charge on any atom is -0.333 e. The normalized spacial score (nSPS) is 26.2. The molecule has 1 aromatic carbocycles. The quantitative estimate of drug-likeness (QED) is 0.834. The number of benzene rings is 1. The van der Waals surface area contributed by atoms with Gasteiger partial charge in [-0.1, -0.05) is 30.3 Å². The number of alkyl halides is 2. The van der Waals surface area contributed by atoms with Crippen molar-refractivity contribution in [1.29, 1.82) is 0 Å². The summed E-state index contributed by atoms with van der Waals surface area (Å²) >= 11 is 0. The van der Waals surface area contributed by atoms with Gasteiger partial charge in [-0.3, -0.25) is 4.79 Å². The second-order valence-corrected chi connectivity index (χ2v) is 6.85. The van der Waals surface area contributed by atoms with E-state index in [-0.39, 0.29) is 30.7 Å². The van der Waals surface area contributed by atoms with Gasteiger partial charge in [0, 0.05) is 38.4 Å². The van der Waals surface area contributed by atoms with Crippen LogP contribution in [-0.2, 0) is 4.79 Å². The molecule has 1 amide bonds. The van der Waals surface area contributed by atoms with Gasteiger partial charge in [-0.25, -0.2) is 8.78 Å². The lowest BCUT2D eigenvalue weighted by atomic mass is 9.85. The lowest BCUT2D eigenvalue weighted by molar-refractivity contribution is -0.144. The molecule has 1 heterocycles. The van der Waals surface area contributed by atoms with Crippen molar-refractivity contribution in [2.45, 2.75) is 37.6 Å². The first-order valence-corrected chi connectivity index (χ1v) is 8.38. The molecule has 1 saturated carbocycles. The number of piperazine rings is 1. The predicted octanol–water partition coefficient (Wildman–Crippen LogP) is 3.33. The highest BCUT2D eigenvalue weighted by Gasteiger charge is 2.40. The first-order chi connectivity index (χ1) is 11.0.